The smallest absolute Gasteiger partial charge is 0.175 e. The zero-order valence-electron chi connectivity index (χ0n) is 16.9. The van der Waals surface area contributed by atoms with Gasteiger partial charge in [-0.05, 0) is 77.7 Å². The van der Waals surface area contributed by atoms with Crippen LogP contribution in [-0.4, -0.2) is 6.61 Å². The standard InChI is InChI=1S/C24H25BrFNO2/c1-4-28-23-13-18(14-27-22-11-7-8-16(2)17(22)3)12-20(25)24(23)29-15-19-9-5-6-10-21(19)26/h5-13,27H,4,14-15H2,1-3H3. The molecule has 0 saturated heterocycles. The number of aryl methyl sites for hydroxylation is 1. The van der Waals surface area contributed by atoms with Crippen LogP contribution < -0.4 is 14.8 Å². The molecule has 5 heteroatoms. The lowest BCUT2D eigenvalue weighted by atomic mass is 10.1. The van der Waals surface area contributed by atoms with Crippen molar-refractivity contribution in [3.63, 3.8) is 0 Å². The average molecular weight is 458 g/mol. The van der Waals surface area contributed by atoms with Gasteiger partial charge in [0.2, 0.25) is 0 Å². The monoisotopic (exact) mass is 457 g/mol. The molecule has 3 nitrogen and oxygen atoms in total. The lowest BCUT2D eigenvalue weighted by molar-refractivity contribution is 0.264. The van der Waals surface area contributed by atoms with Crippen molar-refractivity contribution in [2.75, 3.05) is 11.9 Å². The Bertz CT molecular complexity index is 991. The van der Waals surface area contributed by atoms with Gasteiger partial charge < -0.3 is 14.8 Å². The van der Waals surface area contributed by atoms with Gasteiger partial charge in [-0.25, -0.2) is 4.39 Å². The van der Waals surface area contributed by atoms with Gasteiger partial charge in [0.05, 0.1) is 11.1 Å². The van der Waals surface area contributed by atoms with Crippen LogP contribution in [0.2, 0.25) is 0 Å². The molecule has 1 N–H and O–H groups in total. The summed E-state index contributed by atoms with van der Waals surface area (Å²) in [6, 6.07) is 16.8. The lowest BCUT2D eigenvalue weighted by Crippen LogP contribution is -2.05. The average Bonchev–Trinajstić information content (AvgIpc) is 2.70. The topological polar surface area (TPSA) is 30.5 Å². The fourth-order valence-corrected chi connectivity index (χ4v) is 3.64. The molecule has 0 amide bonds. The van der Waals surface area contributed by atoms with Crippen molar-refractivity contribution >= 4 is 21.6 Å². The molecule has 0 saturated carbocycles. The predicted molar refractivity (Wildman–Crippen MR) is 119 cm³/mol. The van der Waals surface area contributed by atoms with Crippen molar-refractivity contribution in [1.29, 1.82) is 0 Å². The minimum atomic E-state index is -0.282. The van der Waals surface area contributed by atoms with E-state index in [1.165, 1.54) is 17.2 Å². The molecule has 0 fully saturated rings. The van der Waals surface area contributed by atoms with Gasteiger partial charge in [0.15, 0.2) is 11.5 Å². The van der Waals surface area contributed by atoms with Crippen LogP contribution in [0, 0.1) is 19.7 Å². The second-order valence-corrected chi connectivity index (χ2v) is 7.67. The van der Waals surface area contributed by atoms with Crippen molar-refractivity contribution in [1.82, 2.24) is 0 Å². The van der Waals surface area contributed by atoms with Crippen LogP contribution in [0.3, 0.4) is 0 Å². The summed E-state index contributed by atoms with van der Waals surface area (Å²) in [5.41, 5.74) is 5.16. The first-order valence-electron chi connectivity index (χ1n) is 9.61. The zero-order chi connectivity index (χ0) is 20.8. The van der Waals surface area contributed by atoms with Crippen LogP contribution in [-0.2, 0) is 13.2 Å². The van der Waals surface area contributed by atoms with Gasteiger partial charge in [0.1, 0.15) is 12.4 Å². The highest BCUT2D eigenvalue weighted by Crippen LogP contribution is 2.38. The van der Waals surface area contributed by atoms with Crippen molar-refractivity contribution in [2.24, 2.45) is 0 Å². The summed E-state index contributed by atoms with van der Waals surface area (Å²) in [7, 11) is 0. The van der Waals surface area contributed by atoms with Crippen LogP contribution in [0.25, 0.3) is 0 Å². The molecule has 0 aliphatic carbocycles. The largest absolute Gasteiger partial charge is 0.490 e. The van der Waals surface area contributed by atoms with Crippen LogP contribution in [0.1, 0.15) is 29.2 Å². The maximum atomic E-state index is 13.9. The molecular formula is C24H25BrFNO2. The quantitative estimate of drug-likeness (QED) is 0.403. The third-order valence-electron chi connectivity index (χ3n) is 4.79. The predicted octanol–water partition coefficient (Wildman–Crippen LogP) is 6.79. The lowest BCUT2D eigenvalue weighted by Gasteiger charge is -2.17. The highest BCUT2D eigenvalue weighted by molar-refractivity contribution is 9.10. The van der Waals surface area contributed by atoms with E-state index in [0.717, 1.165) is 15.7 Å². The van der Waals surface area contributed by atoms with Gasteiger partial charge in [-0.15, -0.1) is 0 Å². The van der Waals surface area contributed by atoms with Crippen molar-refractivity contribution in [3.05, 3.63) is 87.1 Å². The number of rotatable bonds is 8. The van der Waals surface area contributed by atoms with Crippen LogP contribution >= 0.6 is 15.9 Å². The highest BCUT2D eigenvalue weighted by Gasteiger charge is 2.14. The molecule has 0 atom stereocenters. The van der Waals surface area contributed by atoms with Gasteiger partial charge >= 0.3 is 0 Å². The third-order valence-corrected chi connectivity index (χ3v) is 5.38. The second kappa shape index (κ2) is 9.79. The van der Waals surface area contributed by atoms with Crippen LogP contribution in [0.4, 0.5) is 10.1 Å². The first kappa shape index (κ1) is 21.2. The first-order chi connectivity index (χ1) is 14.0. The van der Waals surface area contributed by atoms with Crippen LogP contribution in [0.5, 0.6) is 11.5 Å². The van der Waals surface area contributed by atoms with E-state index < -0.39 is 0 Å². The van der Waals surface area contributed by atoms with E-state index in [9.17, 15) is 4.39 Å². The Morgan fingerprint density at radius 1 is 1.00 bits per heavy atom. The van der Waals surface area contributed by atoms with E-state index in [1.54, 1.807) is 18.2 Å². The Labute approximate surface area is 180 Å². The van der Waals surface area contributed by atoms with Gasteiger partial charge in [0, 0.05) is 17.8 Å². The molecule has 0 bridgehead atoms. The molecular weight excluding hydrogens is 433 g/mol. The summed E-state index contributed by atoms with van der Waals surface area (Å²) in [6.07, 6.45) is 0. The summed E-state index contributed by atoms with van der Waals surface area (Å²) in [6.45, 7) is 7.43. The number of hydrogen-bond acceptors (Lipinski definition) is 3. The number of anilines is 1. The molecule has 0 aromatic heterocycles. The molecule has 3 aromatic carbocycles. The first-order valence-corrected chi connectivity index (χ1v) is 10.4. The Kier molecular flexibility index (Phi) is 7.15. The van der Waals surface area contributed by atoms with Crippen LogP contribution in [0.15, 0.2) is 59.1 Å². The van der Waals surface area contributed by atoms with Crippen molar-refractivity contribution < 1.29 is 13.9 Å². The van der Waals surface area contributed by atoms with E-state index >= 15 is 0 Å². The maximum Gasteiger partial charge on any atom is 0.175 e. The fourth-order valence-electron chi connectivity index (χ4n) is 3.03. The van der Waals surface area contributed by atoms with E-state index in [2.05, 4.69) is 47.2 Å². The second-order valence-electron chi connectivity index (χ2n) is 6.82. The summed E-state index contributed by atoms with van der Waals surface area (Å²) < 4.78 is 26.4. The van der Waals surface area contributed by atoms with E-state index in [4.69, 9.17) is 9.47 Å². The number of benzene rings is 3. The SMILES string of the molecule is CCOc1cc(CNc2cccc(C)c2C)cc(Br)c1OCc1ccccc1F. The third kappa shape index (κ3) is 5.30. The number of nitrogens with one attached hydrogen (secondary N) is 1. The molecule has 3 aromatic rings. The Morgan fingerprint density at radius 3 is 2.55 bits per heavy atom. The molecule has 3 rings (SSSR count). The minimum absolute atomic E-state index is 0.130. The summed E-state index contributed by atoms with van der Waals surface area (Å²) in [5, 5.41) is 3.48. The van der Waals surface area contributed by atoms with Gasteiger partial charge in [-0.2, -0.15) is 0 Å². The van der Waals surface area contributed by atoms with Gasteiger partial charge in [-0.1, -0.05) is 30.3 Å². The van der Waals surface area contributed by atoms with Crippen molar-refractivity contribution in [2.45, 2.75) is 33.9 Å². The summed E-state index contributed by atoms with van der Waals surface area (Å²) in [5.74, 6) is 0.928. The fraction of sp³-hybridized carbons (Fsp3) is 0.250. The Hall–Kier alpha value is -2.53. The maximum absolute atomic E-state index is 13.9. The van der Waals surface area contributed by atoms with E-state index in [0.29, 0.717) is 30.2 Å². The van der Waals surface area contributed by atoms with E-state index in [1.807, 2.05) is 25.1 Å². The zero-order valence-corrected chi connectivity index (χ0v) is 18.5. The minimum Gasteiger partial charge on any atom is -0.490 e. The molecule has 0 radical (unpaired) electrons. The normalized spacial score (nSPS) is 10.7. The molecule has 152 valence electrons. The molecule has 0 spiro atoms. The molecule has 0 aliphatic rings. The number of halogens is 2. The molecule has 0 aliphatic heterocycles. The highest BCUT2D eigenvalue weighted by atomic mass is 79.9. The Balaban J connectivity index is 1.78. The van der Waals surface area contributed by atoms with E-state index in [-0.39, 0.29) is 12.4 Å². The Morgan fingerprint density at radius 2 is 1.79 bits per heavy atom. The van der Waals surface area contributed by atoms with Crippen molar-refractivity contribution in [3.8, 4) is 11.5 Å². The number of hydrogen-bond donors (Lipinski definition) is 1. The molecule has 29 heavy (non-hydrogen) atoms. The summed E-state index contributed by atoms with van der Waals surface area (Å²) >= 11 is 3.59. The van der Waals surface area contributed by atoms with Gasteiger partial charge in [0.25, 0.3) is 0 Å². The molecule has 0 unspecified atom stereocenters. The molecule has 0 heterocycles. The summed E-state index contributed by atoms with van der Waals surface area (Å²) in [4.78, 5) is 0. The number of ether oxygens (including phenoxy) is 2. The van der Waals surface area contributed by atoms with Gasteiger partial charge in [-0.3, -0.25) is 0 Å².